The van der Waals surface area contributed by atoms with E-state index < -0.39 is 7.82 Å². The summed E-state index contributed by atoms with van der Waals surface area (Å²) in [5.74, 6) is 0. The Morgan fingerprint density at radius 2 is 0.500 bits per heavy atom. The van der Waals surface area contributed by atoms with Crippen LogP contribution in [0, 0.1) is 0 Å². The van der Waals surface area contributed by atoms with Crippen molar-refractivity contribution in [3.63, 3.8) is 0 Å². The molecule has 0 saturated heterocycles. The van der Waals surface area contributed by atoms with Crippen molar-refractivity contribution < 1.29 is 33.3 Å². The Morgan fingerprint density at radius 1 is 0.320 bits per heavy atom. The Balaban J connectivity index is 4.47. The van der Waals surface area contributed by atoms with Crippen LogP contribution in [0.1, 0.15) is 253 Å². The van der Waals surface area contributed by atoms with Crippen molar-refractivity contribution in [2.24, 2.45) is 0 Å². The molecular weight excluding hydrogens is 647 g/mol. The van der Waals surface area contributed by atoms with Gasteiger partial charge in [0.1, 0.15) is 0 Å². The molecule has 0 amide bonds. The number of hydrogen-bond donors (Lipinski definition) is 0. The highest BCUT2D eigenvalue weighted by Gasteiger charge is 2.35. The standard InChI is InChI=1S/C42H87O7P/c1-7-10-13-16-19-22-25-28-31-34-37-40(4)44-47-50(43,48-45-41(5)38-35-32-29-26-23-20-17-14-11-8-2)49-46-42(6)39-36-33-30-27-24-21-18-15-12-9-3/h40-42H,7-39H2,1-6H3. The first kappa shape index (κ1) is 50.0. The number of hydrogen-bond acceptors (Lipinski definition) is 7. The van der Waals surface area contributed by atoms with Crippen molar-refractivity contribution in [3.8, 4) is 0 Å². The average molecular weight is 735 g/mol. The quantitative estimate of drug-likeness (QED) is 0.0267. The molecule has 0 radical (unpaired) electrons. The Kier molecular flexibility index (Phi) is 38.7. The Morgan fingerprint density at radius 3 is 0.700 bits per heavy atom. The second-order valence-electron chi connectivity index (χ2n) is 15.3. The maximum atomic E-state index is 13.5. The minimum atomic E-state index is -4.25. The molecule has 8 heteroatoms. The third kappa shape index (κ3) is 36.4. The molecule has 302 valence electrons. The van der Waals surface area contributed by atoms with Crippen LogP contribution in [-0.2, 0) is 33.3 Å². The lowest BCUT2D eigenvalue weighted by Gasteiger charge is -2.20. The topological polar surface area (TPSA) is 72.5 Å². The molecule has 0 aromatic carbocycles. The Bertz CT molecular complexity index is 619. The van der Waals surface area contributed by atoms with Crippen LogP contribution in [0.15, 0.2) is 0 Å². The second-order valence-corrected chi connectivity index (χ2v) is 16.6. The van der Waals surface area contributed by atoms with Crippen molar-refractivity contribution in [2.45, 2.75) is 272 Å². The van der Waals surface area contributed by atoms with Crippen LogP contribution in [-0.4, -0.2) is 18.3 Å². The van der Waals surface area contributed by atoms with Gasteiger partial charge in [-0.15, -0.1) is 14.0 Å². The molecule has 0 aliphatic rings. The van der Waals surface area contributed by atoms with E-state index in [0.29, 0.717) is 0 Å². The molecule has 0 saturated carbocycles. The van der Waals surface area contributed by atoms with Gasteiger partial charge in [-0.3, -0.25) is 0 Å². The minimum Gasteiger partial charge on any atom is -0.223 e. The summed E-state index contributed by atoms with van der Waals surface area (Å²) in [4.78, 5) is 16.5. The Hall–Kier alpha value is -0.0100. The van der Waals surface area contributed by atoms with Crippen LogP contribution >= 0.6 is 7.82 Å². The molecule has 3 atom stereocenters. The second kappa shape index (κ2) is 38.7. The van der Waals surface area contributed by atoms with Gasteiger partial charge in [-0.05, 0) is 40.0 Å². The molecule has 0 N–H and O–H groups in total. The van der Waals surface area contributed by atoms with Crippen molar-refractivity contribution in [1.82, 2.24) is 0 Å². The highest BCUT2D eigenvalue weighted by molar-refractivity contribution is 7.48. The molecule has 0 spiro atoms. The molecule has 0 aromatic heterocycles. The zero-order valence-electron chi connectivity index (χ0n) is 34.4. The highest BCUT2D eigenvalue weighted by atomic mass is 31.2. The lowest BCUT2D eigenvalue weighted by Crippen LogP contribution is -2.15. The van der Waals surface area contributed by atoms with Crippen LogP contribution in [0.5, 0.6) is 0 Å². The maximum absolute atomic E-state index is 13.5. The Labute approximate surface area is 312 Å². The van der Waals surface area contributed by atoms with Gasteiger partial charge in [-0.25, -0.2) is 19.2 Å². The molecule has 50 heavy (non-hydrogen) atoms. The first-order chi connectivity index (χ1) is 24.4. The van der Waals surface area contributed by atoms with Crippen LogP contribution < -0.4 is 0 Å². The molecule has 3 unspecified atom stereocenters. The van der Waals surface area contributed by atoms with Gasteiger partial charge in [-0.1, -0.05) is 213 Å². The fourth-order valence-corrected chi connectivity index (χ4v) is 7.15. The van der Waals surface area contributed by atoms with E-state index in [-0.39, 0.29) is 18.3 Å². The van der Waals surface area contributed by atoms with Crippen LogP contribution in [0.2, 0.25) is 0 Å². The highest BCUT2D eigenvalue weighted by Crippen LogP contribution is 2.51. The first-order valence-electron chi connectivity index (χ1n) is 22.0. The van der Waals surface area contributed by atoms with E-state index in [1.807, 2.05) is 20.8 Å². The summed E-state index contributed by atoms with van der Waals surface area (Å²) in [5.41, 5.74) is 0. The summed E-state index contributed by atoms with van der Waals surface area (Å²) in [6.07, 6.45) is 40.0. The van der Waals surface area contributed by atoms with Crippen molar-refractivity contribution in [2.75, 3.05) is 0 Å². The molecule has 0 aliphatic carbocycles. The summed E-state index contributed by atoms with van der Waals surface area (Å²) in [6.45, 7) is 12.5. The largest absolute Gasteiger partial charge is 0.556 e. The molecule has 0 bridgehead atoms. The summed E-state index contributed by atoms with van der Waals surface area (Å²) in [6, 6.07) is 0. The number of unbranched alkanes of at least 4 members (excludes halogenated alkanes) is 27. The normalized spacial score (nSPS) is 14.9. The van der Waals surface area contributed by atoms with Crippen molar-refractivity contribution >= 4 is 7.82 Å². The van der Waals surface area contributed by atoms with Gasteiger partial charge in [-0.2, -0.15) is 0 Å². The van der Waals surface area contributed by atoms with Crippen LogP contribution in [0.4, 0.5) is 0 Å². The van der Waals surface area contributed by atoms with E-state index in [2.05, 4.69) is 20.8 Å². The van der Waals surface area contributed by atoms with Crippen LogP contribution in [0.25, 0.3) is 0 Å². The summed E-state index contributed by atoms with van der Waals surface area (Å²) < 4.78 is 29.4. The minimum absolute atomic E-state index is 0.252. The molecule has 0 aromatic rings. The van der Waals surface area contributed by atoms with Crippen molar-refractivity contribution in [3.05, 3.63) is 0 Å². The summed E-state index contributed by atoms with van der Waals surface area (Å²) >= 11 is 0. The van der Waals surface area contributed by atoms with E-state index in [1.165, 1.54) is 154 Å². The molecular formula is C42H87O7P. The zero-order valence-corrected chi connectivity index (χ0v) is 35.3. The van der Waals surface area contributed by atoms with Gasteiger partial charge in [0.15, 0.2) is 0 Å². The number of phosphoric acid groups is 1. The van der Waals surface area contributed by atoms with Crippen LogP contribution in [0.3, 0.4) is 0 Å². The lowest BCUT2D eigenvalue weighted by molar-refractivity contribution is -0.350. The van der Waals surface area contributed by atoms with Gasteiger partial charge in [0.2, 0.25) is 0 Å². The number of rotatable bonds is 42. The molecule has 0 aliphatic heterocycles. The van der Waals surface area contributed by atoms with E-state index in [0.717, 1.165) is 57.8 Å². The predicted molar refractivity (Wildman–Crippen MR) is 212 cm³/mol. The van der Waals surface area contributed by atoms with Gasteiger partial charge < -0.3 is 0 Å². The monoisotopic (exact) mass is 735 g/mol. The maximum Gasteiger partial charge on any atom is 0.556 e. The zero-order chi connectivity index (χ0) is 36.8. The fourth-order valence-electron chi connectivity index (χ4n) is 6.32. The van der Waals surface area contributed by atoms with E-state index in [9.17, 15) is 4.57 Å². The molecule has 0 rings (SSSR count). The van der Waals surface area contributed by atoms with E-state index in [1.54, 1.807) is 0 Å². The van der Waals surface area contributed by atoms with Crippen molar-refractivity contribution in [1.29, 1.82) is 0 Å². The third-order valence-corrected chi connectivity index (χ3v) is 10.6. The SMILES string of the molecule is CCCCCCCCCCCCC(C)OOP(=O)(OOC(C)CCCCCCCCCCCC)OOC(C)CCCCCCCCCCCC. The summed E-state index contributed by atoms with van der Waals surface area (Å²) in [7, 11) is -4.25. The fraction of sp³-hybridized carbons (Fsp3) is 1.00. The third-order valence-electron chi connectivity index (χ3n) is 9.79. The van der Waals surface area contributed by atoms with E-state index in [4.69, 9.17) is 28.7 Å². The lowest BCUT2D eigenvalue weighted by atomic mass is 10.1. The van der Waals surface area contributed by atoms with E-state index >= 15 is 0 Å². The van der Waals surface area contributed by atoms with Gasteiger partial charge in [0.05, 0.1) is 18.3 Å². The predicted octanol–water partition coefficient (Wildman–Crippen LogP) is 16.0. The van der Waals surface area contributed by atoms with Gasteiger partial charge >= 0.3 is 7.82 Å². The molecule has 7 nitrogen and oxygen atoms in total. The summed E-state index contributed by atoms with van der Waals surface area (Å²) in [5, 5.41) is 0. The molecule has 0 heterocycles. The average Bonchev–Trinajstić information content (AvgIpc) is 3.11. The smallest absolute Gasteiger partial charge is 0.223 e. The van der Waals surface area contributed by atoms with Gasteiger partial charge in [0, 0.05) is 0 Å². The van der Waals surface area contributed by atoms with Gasteiger partial charge in [0.25, 0.3) is 0 Å². The molecule has 0 fully saturated rings. The first-order valence-corrected chi connectivity index (χ1v) is 23.5.